The van der Waals surface area contributed by atoms with E-state index in [9.17, 15) is 0 Å². The molecule has 0 radical (unpaired) electrons. The van der Waals surface area contributed by atoms with E-state index in [0.717, 1.165) is 29.7 Å². The molecule has 100 valence electrons. The minimum Gasteiger partial charge on any atom is -0.375 e. The predicted molar refractivity (Wildman–Crippen MR) is 71.5 cm³/mol. The van der Waals surface area contributed by atoms with Gasteiger partial charge in [-0.25, -0.2) is 0 Å². The molecule has 1 N–H and O–H groups in total. The lowest BCUT2D eigenvalue weighted by Gasteiger charge is -2.21. The van der Waals surface area contributed by atoms with Gasteiger partial charge in [-0.1, -0.05) is 5.16 Å². The Morgan fingerprint density at radius 3 is 3.16 bits per heavy atom. The minimum absolute atomic E-state index is 0.0997. The van der Waals surface area contributed by atoms with E-state index < -0.39 is 0 Å². The average molecular weight is 325 g/mol. The maximum atomic E-state index is 5.61. The number of aromatic nitrogens is 3. The zero-order valence-corrected chi connectivity index (χ0v) is 11.8. The second-order valence-corrected chi connectivity index (χ2v) is 5.22. The molecule has 0 aromatic carbocycles. The summed E-state index contributed by atoms with van der Waals surface area (Å²) >= 11 is 3.37. The first-order valence-corrected chi connectivity index (χ1v) is 6.86. The lowest BCUT2D eigenvalue weighted by atomic mass is 10.2. The zero-order valence-electron chi connectivity index (χ0n) is 10.2. The van der Waals surface area contributed by atoms with Crippen molar-refractivity contribution < 1.29 is 9.26 Å². The van der Waals surface area contributed by atoms with E-state index in [2.05, 4.69) is 36.4 Å². The van der Waals surface area contributed by atoms with E-state index >= 15 is 0 Å². The van der Waals surface area contributed by atoms with Gasteiger partial charge in [-0.3, -0.25) is 4.98 Å². The lowest BCUT2D eigenvalue weighted by molar-refractivity contribution is 0.0246. The van der Waals surface area contributed by atoms with Gasteiger partial charge in [0, 0.05) is 35.5 Å². The van der Waals surface area contributed by atoms with Crippen LogP contribution in [0.25, 0.3) is 11.4 Å². The van der Waals surface area contributed by atoms with Crippen molar-refractivity contribution >= 4 is 15.9 Å². The second-order valence-electron chi connectivity index (χ2n) is 4.30. The van der Waals surface area contributed by atoms with E-state index in [1.165, 1.54) is 0 Å². The third kappa shape index (κ3) is 3.17. The molecular formula is C12H13BrN4O2. The van der Waals surface area contributed by atoms with Gasteiger partial charge in [-0.2, -0.15) is 4.98 Å². The topological polar surface area (TPSA) is 73.1 Å². The Bertz CT molecular complexity index is 554. The van der Waals surface area contributed by atoms with Crippen LogP contribution in [0.5, 0.6) is 0 Å². The molecule has 0 bridgehead atoms. The normalized spacial score (nSPS) is 19.5. The van der Waals surface area contributed by atoms with Gasteiger partial charge in [-0.05, 0) is 22.0 Å². The molecule has 0 aliphatic carbocycles. The average Bonchev–Trinajstić information content (AvgIpc) is 2.88. The fourth-order valence-corrected chi connectivity index (χ4v) is 2.30. The molecule has 0 saturated carbocycles. The van der Waals surface area contributed by atoms with Crippen molar-refractivity contribution in [2.75, 3.05) is 19.7 Å². The maximum Gasteiger partial charge on any atom is 0.229 e. The highest BCUT2D eigenvalue weighted by Crippen LogP contribution is 2.19. The van der Waals surface area contributed by atoms with Crippen molar-refractivity contribution in [1.82, 2.24) is 20.4 Å². The number of pyridine rings is 1. The minimum atomic E-state index is 0.0997. The molecule has 1 aliphatic heterocycles. The molecule has 1 atom stereocenters. The Morgan fingerprint density at radius 1 is 1.42 bits per heavy atom. The number of ether oxygens (including phenoxy) is 1. The third-order valence-corrected chi connectivity index (χ3v) is 3.27. The van der Waals surface area contributed by atoms with Crippen molar-refractivity contribution in [1.29, 1.82) is 0 Å². The SMILES string of the molecule is Brc1cncc(-c2noc(CC3CNCCO3)n2)c1. The molecule has 2 aromatic heterocycles. The Labute approximate surface area is 118 Å². The quantitative estimate of drug-likeness (QED) is 0.920. The first-order chi connectivity index (χ1) is 9.31. The molecule has 3 heterocycles. The summed E-state index contributed by atoms with van der Waals surface area (Å²) in [7, 11) is 0. The fraction of sp³-hybridized carbons (Fsp3) is 0.417. The molecule has 2 aromatic rings. The number of hydrogen-bond acceptors (Lipinski definition) is 6. The maximum absolute atomic E-state index is 5.61. The van der Waals surface area contributed by atoms with Crippen LogP contribution in [0.3, 0.4) is 0 Å². The van der Waals surface area contributed by atoms with Gasteiger partial charge >= 0.3 is 0 Å². The Hall–Kier alpha value is -1.31. The van der Waals surface area contributed by atoms with E-state index in [-0.39, 0.29) is 6.10 Å². The van der Waals surface area contributed by atoms with Gasteiger partial charge in [0.2, 0.25) is 11.7 Å². The van der Waals surface area contributed by atoms with Crippen LogP contribution >= 0.6 is 15.9 Å². The molecule has 0 amide bonds. The van der Waals surface area contributed by atoms with Gasteiger partial charge in [0.1, 0.15) is 0 Å². The van der Waals surface area contributed by atoms with Gasteiger partial charge in [-0.15, -0.1) is 0 Å². The largest absolute Gasteiger partial charge is 0.375 e. The van der Waals surface area contributed by atoms with E-state index in [1.807, 2.05) is 6.07 Å². The van der Waals surface area contributed by atoms with Crippen LogP contribution in [0.4, 0.5) is 0 Å². The fourth-order valence-electron chi connectivity index (χ4n) is 1.93. The lowest BCUT2D eigenvalue weighted by Crippen LogP contribution is -2.39. The zero-order chi connectivity index (χ0) is 13.1. The second kappa shape index (κ2) is 5.77. The number of nitrogens with zero attached hydrogens (tertiary/aromatic N) is 3. The molecule has 3 rings (SSSR count). The van der Waals surface area contributed by atoms with Gasteiger partial charge in [0.15, 0.2) is 0 Å². The number of halogens is 1. The van der Waals surface area contributed by atoms with Crippen LogP contribution in [0.1, 0.15) is 5.89 Å². The number of hydrogen-bond donors (Lipinski definition) is 1. The third-order valence-electron chi connectivity index (χ3n) is 2.84. The van der Waals surface area contributed by atoms with Crippen LogP contribution in [0.15, 0.2) is 27.5 Å². The van der Waals surface area contributed by atoms with Crippen LogP contribution in [0, 0.1) is 0 Å². The Kier molecular flexibility index (Phi) is 3.86. The summed E-state index contributed by atoms with van der Waals surface area (Å²) in [6, 6.07) is 1.90. The molecule has 6 nitrogen and oxygen atoms in total. The summed E-state index contributed by atoms with van der Waals surface area (Å²) in [5.41, 5.74) is 0.826. The predicted octanol–water partition coefficient (Wildman–Crippen LogP) is 1.42. The molecule has 0 spiro atoms. The standard InChI is InChI=1S/C12H13BrN4O2/c13-9-3-8(5-15-6-9)12-16-11(19-17-12)4-10-7-14-1-2-18-10/h3,5-6,10,14H,1-2,4,7H2. The van der Waals surface area contributed by atoms with E-state index in [1.54, 1.807) is 12.4 Å². The van der Waals surface area contributed by atoms with E-state index in [4.69, 9.17) is 9.26 Å². The summed E-state index contributed by atoms with van der Waals surface area (Å²) in [6.45, 7) is 2.44. The van der Waals surface area contributed by atoms with Crippen LogP contribution in [-0.4, -0.2) is 40.9 Å². The first kappa shape index (κ1) is 12.7. The molecule has 1 aliphatic rings. The smallest absolute Gasteiger partial charge is 0.229 e. The van der Waals surface area contributed by atoms with Crippen LogP contribution in [0.2, 0.25) is 0 Å². The summed E-state index contributed by atoms with van der Waals surface area (Å²) in [5, 5.41) is 7.24. The van der Waals surface area contributed by atoms with Gasteiger partial charge in [0.05, 0.1) is 19.1 Å². The Balaban J connectivity index is 1.72. The molecule has 7 heteroatoms. The highest BCUT2D eigenvalue weighted by Gasteiger charge is 2.18. The van der Waals surface area contributed by atoms with Crippen molar-refractivity contribution in [3.8, 4) is 11.4 Å². The monoisotopic (exact) mass is 324 g/mol. The molecule has 1 fully saturated rings. The van der Waals surface area contributed by atoms with Crippen molar-refractivity contribution in [3.05, 3.63) is 28.8 Å². The Morgan fingerprint density at radius 2 is 2.37 bits per heavy atom. The highest BCUT2D eigenvalue weighted by atomic mass is 79.9. The molecule has 19 heavy (non-hydrogen) atoms. The van der Waals surface area contributed by atoms with Crippen LogP contribution < -0.4 is 5.32 Å². The number of nitrogens with one attached hydrogen (secondary N) is 1. The van der Waals surface area contributed by atoms with Gasteiger partial charge < -0.3 is 14.6 Å². The summed E-state index contributed by atoms with van der Waals surface area (Å²) in [6.07, 6.45) is 4.15. The van der Waals surface area contributed by atoms with Crippen LogP contribution in [-0.2, 0) is 11.2 Å². The van der Waals surface area contributed by atoms with E-state index in [0.29, 0.717) is 18.1 Å². The molecular weight excluding hydrogens is 312 g/mol. The summed E-state index contributed by atoms with van der Waals surface area (Å²) < 4.78 is 11.7. The highest BCUT2D eigenvalue weighted by molar-refractivity contribution is 9.10. The summed E-state index contributed by atoms with van der Waals surface area (Å²) in [5.74, 6) is 1.14. The van der Waals surface area contributed by atoms with Crippen molar-refractivity contribution in [2.45, 2.75) is 12.5 Å². The molecule has 1 saturated heterocycles. The molecule has 1 unspecified atom stereocenters. The van der Waals surface area contributed by atoms with Crippen molar-refractivity contribution in [3.63, 3.8) is 0 Å². The number of rotatable bonds is 3. The summed E-state index contributed by atoms with van der Waals surface area (Å²) in [4.78, 5) is 8.45. The first-order valence-electron chi connectivity index (χ1n) is 6.07. The van der Waals surface area contributed by atoms with Crippen molar-refractivity contribution in [2.24, 2.45) is 0 Å². The number of morpholine rings is 1. The van der Waals surface area contributed by atoms with Gasteiger partial charge in [0.25, 0.3) is 0 Å².